The molecule has 3 nitrogen and oxygen atoms in total. The summed E-state index contributed by atoms with van der Waals surface area (Å²) >= 11 is 5.89. The fourth-order valence-corrected chi connectivity index (χ4v) is 1.48. The maximum atomic E-state index is 12.9. The van der Waals surface area contributed by atoms with Gasteiger partial charge in [-0.3, -0.25) is 0 Å². The summed E-state index contributed by atoms with van der Waals surface area (Å²) < 4.78 is 30.9. The smallest absolute Gasteiger partial charge is 0.162 e. The standard InChI is InChI=1S/C12H9ClF2N2O/c13-8-2-4-12(16)17-11(8)6-18-7-1-3-9(14)10(15)5-7/h1-5H,6H2,(H2,16,17). The third-order valence-electron chi connectivity index (χ3n) is 2.21. The van der Waals surface area contributed by atoms with Gasteiger partial charge in [0.2, 0.25) is 0 Å². The van der Waals surface area contributed by atoms with E-state index in [0.29, 0.717) is 16.5 Å². The lowest BCUT2D eigenvalue weighted by molar-refractivity contribution is 0.299. The molecule has 0 saturated carbocycles. The van der Waals surface area contributed by atoms with E-state index >= 15 is 0 Å². The highest BCUT2D eigenvalue weighted by Crippen LogP contribution is 2.20. The number of benzene rings is 1. The van der Waals surface area contributed by atoms with Crippen molar-refractivity contribution in [2.75, 3.05) is 5.73 Å². The number of nitrogens with two attached hydrogens (primary N) is 1. The summed E-state index contributed by atoms with van der Waals surface area (Å²) in [6.45, 7) is 0.0228. The lowest BCUT2D eigenvalue weighted by atomic mass is 10.3. The fourth-order valence-electron chi connectivity index (χ4n) is 1.32. The minimum atomic E-state index is -0.973. The maximum Gasteiger partial charge on any atom is 0.162 e. The van der Waals surface area contributed by atoms with Crippen LogP contribution >= 0.6 is 11.6 Å². The van der Waals surface area contributed by atoms with Crippen molar-refractivity contribution in [3.05, 3.63) is 52.7 Å². The predicted octanol–water partition coefficient (Wildman–Crippen LogP) is 3.17. The molecule has 2 aromatic rings. The van der Waals surface area contributed by atoms with E-state index in [2.05, 4.69) is 4.98 Å². The van der Waals surface area contributed by atoms with Gasteiger partial charge in [-0.2, -0.15) is 0 Å². The van der Waals surface area contributed by atoms with Crippen LogP contribution in [0.25, 0.3) is 0 Å². The minimum Gasteiger partial charge on any atom is -0.487 e. The molecular weight excluding hydrogens is 262 g/mol. The number of rotatable bonds is 3. The molecule has 0 atom stereocenters. The zero-order valence-electron chi connectivity index (χ0n) is 9.16. The number of halogens is 3. The third kappa shape index (κ3) is 2.87. The second-order valence-electron chi connectivity index (χ2n) is 3.53. The Hall–Kier alpha value is -1.88. The van der Waals surface area contributed by atoms with Crippen LogP contribution in [-0.4, -0.2) is 4.98 Å². The molecule has 0 fully saturated rings. The second-order valence-corrected chi connectivity index (χ2v) is 3.94. The summed E-state index contributed by atoms with van der Waals surface area (Å²) in [5, 5.41) is 0.395. The molecule has 94 valence electrons. The monoisotopic (exact) mass is 270 g/mol. The Bertz CT molecular complexity index is 578. The van der Waals surface area contributed by atoms with E-state index in [4.69, 9.17) is 22.1 Å². The average molecular weight is 271 g/mol. The Balaban J connectivity index is 2.11. The van der Waals surface area contributed by atoms with Crippen LogP contribution in [-0.2, 0) is 6.61 Å². The summed E-state index contributed by atoms with van der Waals surface area (Å²) in [4.78, 5) is 3.98. The van der Waals surface area contributed by atoms with Gasteiger partial charge in [0.25, 0.3) is 0 Å². The topological polar surface area (TPSA) is 48.1 Å². The van der Waals surface area contributed by atoms with Crippen LogP contribution in [0.2, 0.25) is 5.02 Å². The normalized spacial score (nSPS) is 10.4. The van der Waals surface area contributed by atoms with Gasteiger partial charge < -0.3 is 10.5 Å². The van der Waals surface area contributed by atoms with Crippen molar-refractivity contribution in [3.63, 3.8) is 0 Å². The van der Waals surface area contributed by atoms with Gasteiger partial charge in [0, 0.05) is 6.07 Å². The van der Waals surface area contributed by atoms with Crippen LogP contribution in [0.5, 0.6) is 5.75 Å². The molecule has 0 aliphatic carbocycles. The molecule has 1 aromatic carbocycles. The molecule has 0 aliphatic heterocycles. The molecule has 1 heterocycles. The number of nitrogen functional groups attached to an aromatic ring is 1. The largest absolute Gasteiger partial charge is 0.487 e. The molecule has 2 N–H and O–H groups in total. The highest BCUT2D eigenvalue weighted by atomic mass is 35.5. The van der Waals surface area contributed by atoms with Crippen LogP contribution in [0.3, 0.4) is 0 Å². The van der Waals surface area contributed by atoms with Gasteiger partial charge in [0.1, 0.15) is 18.2 Å². The van der Waals surface area contributed by atoms with Crippen molar-refractivity contribution in [2.45, 2.75) is 6.61 Å². The molecule has 0 unspecified atom stereocenters. The quantitative estimate of drug-likeness (QED) is 0.932. The first kappa shape index (κ1) is 12.6. The van der Waals surface area contributed by atoms with Crippen molar-refractivity contribution < 1.29 is 13.5 Å². The van der Waals surface area contributed by atoms with E-state index in [0.717, 1.165) is 12.1 Å². The van der Waals surface area contributed by atoms with Crippen LogP contribution < -0.4 is 10.5 Å². The fraction of sp³-hybridized carbons (Fsp3) is 0.0833. The lowest BCUT2D eigenvalue weighted by Gasteiger charge is -2.07. The molecule has 0 aliphatic rings. The van der Waals surface area contributed by atoms with Gasteiger partial charge in [-0.1, -0.05) is 11.6 Å². The van der Waals surface area contributed by atoms with Gasteiger partial charge in [0.05, 0.1) is 10.7 Å². The maximum absolute atomic E-state index is 12.9. The zero-order chi connectivity index (χ0) is 13.1. The van der Waals surface area contributed by atoms with Gasteiger partial charge in [-0.05, 0) is 24.3 Å². The minimum absolute atomic E-state index is 0.0228. The number of hydrogen-bond donors (Lipinski definition) is 1. The van der Waals surface area contributed by atoms with Gasteiger partial charge in [-0.15, -0.1) is 0 Å². The molecular formula is C12H9ClF2N2O. The highest BCUT2D eigenvalue weighted by molar-refractivity contribution is 6.31. The molecule has 0 amide bonds. The number of aromatic nitrogens is 1. The van der Waals surface area contributed by atoms with Crippen molar-refractivity contribution in [2.24, 2.45) is 0 Å². The van der Waals surface area contributed by atoms with Crippen LogP contribution in [0.1, 0.15) is 5.69 Å². The van der Waals surface area contributed by atoms with Crippen molar-refractivity contribution in [1.82, 2.24) is 4.98 Å². The molecule has 18 heavy (non-hydrogen) atoms. The first-order chi connectivity index (χ1) is 8.56. The molecule has 2 rings (SSSR count). The number of pyridine rings is 1. The molecule has 6 heteroatoms. The first-order valence-electron chi connectivity index (χ1n) is 5.05. The Kier molecular flexibility index (Phi) is 3.62. The summed E-state index contributed by atoms with van der Waals surface area (Å²) in [6, 6.07) is 6.41. The Morgan fingerprint density at radius 1 is 1.17 bits per heavy atom. The van der Waals surface area contributed by atoms with E-state index in [1.165, 1.54) is 6.07 Å². The molecule has 1 aromatic heterocycles. The van der Waals surface area contributed by atoms with Crippen LogP contribution in [0.15, 0.2) is 30.3 Å². The number of nitrogens with zero attached hydrogens (tertiary/aromatic N) is 1. The average Bonchev–Trinajstić information content (AvgIpc) is 2.34. The van der Waals surface area contributed by atoms with E-state index in [9.17, 15) is 8.78 Å². The van der Waals surface area contributed by atoms with Crippen molar-refractivity contribution in [1.29, 1.82) is 0 Å². The molecule has 0 radical (unpaired) electrons. The zero-order valence-corrected chi connectivity index (χ0v) is 9.92. The molecule has 0 spiro atoms. The summed E-state index contributed by atoms with van der Waals surface area (Å²) in [5.74, 6) is -1.40. The Morgan fingerprint density at radius 3 is 2.67 bits per heavy atom. The second kappa shape index (κ2) is 5.18. The van der Waals surface area contributed by atoms with Gasteiger partial charge >= 0.3 is 0 Å². The van der Waals surface area contributed by atoms with E-state index < -0.39 is 11.6 Å². The SMILES string of the molecule is Nc1ccc(Cl)c(COc2ccc(F)c(F)c2)n1. The Morgan fingerprint density at radius 2 is 1.94 bits per heavy atom. The lowest BCUT2D eigenvalue weighted by Crippen LogP contribution is -2.02. The summed E-state index contributed by atoms with van der Waals surface area (Å²) in [6.07, 6.45) is 0. The van der Waals surface area contributed by atoms with Crippen LogP contribution in [0.4, 0.5) is 14.6 Å². The molecule has 0 saturated heterocycles. The van der Waals surface area contributed by atoms with Gasteiger partial charge in [-0.25, -0.2) is 13.8 Å². The number of ether oxygens (including phenoxy) is 1. The first-order valence-corrected chi connectivity index (χ1v) is 5.43. The Labute approximate surface area is 107 Å². The van der Waals surface area contributed by atoms with E-state index in [1.807, 2.05) is 0 Å². The summed E-state index contributed by atoms with van der Waals surface area (Å²) in [5.41, 5.74) is 5.94. The number of anilines is 1. The third-order valence-corrected chi connectivity index (χ3v) is 2.55. The number of hydrogen-bond acceptors (Lipinski definition) is 3. The van der Waals surface area contributed by atoms with Crippen molar-refractivity contribution in [3.8, 4) is 5.75 Å². The van der Waals surface area contributed by atoms with E-state index in [-0.39, 0.29) is 12.4 Å². The predicted molar refractivity (Wildman–Crippen MR) is 64.3 cm³/mol. The van der Waals surface area contributed by atoms with Crippen molar-refractivity contribution >= 4 is 17.4 Å². The highest BCUT2D eigenvalue weighted by Gasteiger charge is 2.06. The molecule has 0 bridgehead atoms. The summed E-state index contributed by atoms with van der Waals surface area (Å²) in [7, 11) is 0. The van der Waals surface area contributed by atoms with Crippen LogP contribution in [0, 0.1) is 11.6 Å². The van der Waals surface area contributed by atoms with Gasteiger partial charge in [0.15, 0.2) is 11.6 Å². The van der Waals surface area contributed by atoms with E-state index in [1.54, 1.807) is 12.1 Å².